The van der Waals surface area contributed by atoms with E-state index in [1.54, 1.807) is 0 Å². The van der Waals surface area contributed by atoms with Crippen LogP contribution < -0.4 is 15.4 Å². The molecule has 6 nitrogen and oxygen atoms in total. The van der Waals surface area contributed by atoms with Gasteiger partial charge in [-0.2, -0.15) is 0 Å². The van der Waals surface area contributed by atoms with E-state index in [2.05, 4.69) is 22.5 Å². The molecule has 3 aromatic rings. The molecule has 2 unspecified atom stereocenters. The highest BCUT2D eigenvalue weighted by atomic mass is 16.5. The zero-order chi connectivity index (χ0) is 19.8. The third-order valence-electron chi connectivity index (χ3n) is 5.96. The lowest BCUT2D eigenvalue weighted by atomic mass is 9.99. The number of hydrogen-bond acceptors (Lipinski definition) is 4. The first kappa shape index (κ1) is 18.2. The summed E-state index contributed by atoms with van der Waals surface area (Å²) in [5.74, 6) is 0.535. The largest absolute Gasteiger partial charge is 0.486 e. The molecule has 2 aromatic heterocycles. The molecule has 1 amide bonds. The number of carbonyl (C=O) groups excluding carboxylic acids is 1. The van der Waals surface area contributed by atoms with E-state index in [-0.39, 0.29) is 11.9 Å². The summed E-state index contributed by atoms with van der Waals surface area (Å²) in [4.78, 5) is 17.5. The topological polar surface area (TPSA) is 67.7 Å². The van der Waals surface area contributed by atoms with E-state index in [1.165, 1.54) is 18.4 Å². The molecular formula is C23H26N4O2. The second-order valence-electron chi connectivity index (χ2n) is 8.27. The van der Waals surface area contributed by atoms with Crippen LogP contribution in [-0.2, 0) is 6.61 Å². The van der Waals surface area contributed by atoms with Crippen molar-refractivity contribution >= 4 is 11.6 Å². The maximum absolute atomic E-state index is 12.9. The van der Waals surface area contributed by atoms with Gasteiger partial charge in [-0.05, 0) is 56.4 Å². The number of para-hydroxylation sites is 1. The van der Waals surface area contributed by atoms with Crippen LogP contribution in [0.5, 0.6) is 5.75 Å². The number of rotatable bonds is 5. The summed E-state index contributed by atoms with van der Waals surface area (Å²) in [6.45, 7) is 2.38. The molecule has 2 fully saturated rings. The number of imidazole rings is 1. The fraction of sp³-hybridized carbons (Fsp3) is 0.391. The van der Waals surface area contributed by atoms with Gasteiger partial charge in [-0.1, -0.05) is 18.2 Å². The van der Waals surface area contributed by atoms with Crippen LogP contribution in [0.3, 0.4) is 0 Å². The average molecular weight is 390 g/mol. The number of ether oxygens (including phenoxy) is 1. The third-order valence-corrected chi connectivity index (χ3v) is 5.96. The van der Waals surface area contributed by atoms with Gasteiger partial charge in [-0.15, -0.1) is 0 Å². The van der Waals surface area contributed by atoms with Gasteiger partial charge < -0.3 is 19.8 Å². The molecule has 2 aliphatic rings. The van der Waals surface area contributed by atoms with E-state index in [0.29, 0.717) is 30.0 Å². The first-order valence-corrected chi connectivity index (χ1v) is 10.4. The lowest BCUT2D eigenvalue weighted by molar-refractivity contribution is 0.0919. The Morgan fingerprint density at radius 2 is 1.97 bits per heavy atom. The maximum Gasteiger partial charge on any atom is 0.255 e. The van der Waals surface area contributed by atoms with Crippen molar-refractivity contribution in [2.45, 2.75) is 57.3 Å². The number of amides is 1. The number of benzene rings is 1. The van der Waals surface area contributed by atoms with E-state index in [4.69, 9.17) is 4.74 Å². The highest BCUT2D eigenvalue weighted by Gasteiger charge is 2.34. The highest BCUT2D eigenvalue weighted by Crippen LogP contribution is 2.27. The summed E-state index contributed by atoms with van der Waals surface area (Å²) in [6.07, 6.45) is 8.46. The zero-order valence-electron chi connectivity index (χ0n) is 16.6. The predicted molar refractivity (Wildman–Crippen MR) is 111 cm³/mol. The van der Waals surface area contributed by atoms with E-state index in [9.17, 15) is 4.79 Å². The quantitative estimate of drug-likeness (QED) is 0.702. The zero-order valence-corrected chi connectivity index (χ0v) is 16.6. The van der Waals surface area contributed by atoms with Crippen molar-refractivity contribution in [1.82, 2.24) is 20.0 Å². The van der Waals surface area contributed by atoms with E-state index in [1.807, 2.05) is 53.2 Å². The summed E-state index contributed by atoms with van der Waals surface area (Å²) in [7, 11) is 0. The minimum atomic E-state index is -0.0578. The summed E-state index contributed by atoms with van der Waals surface area (Å²) in [5, 5.41) is 6.84. The van der Waals surface area contributed by atoms with Crippen LogP contribution in [0.25, 0.3) is 5.65 Å². The molecule has 5 rings (SSSR count). The first-order valence-electron chi connectivity index (χ1n) is 10.4. The van der Waals surface area contributed by atoms with Crippen molar-refractivity contribution < 1.29 is 9.53 Å². The van der Waals surface area contributed by atoms with Gasteiger partial charge in [0.2, 0.25) is 0 Å². The van der Waals surface area contributed by atoms with Crippen LogP contribution in [0.4, 0.5) is 0 Å². The minimum Gasteiger partial charge on any atom is -0.486 e. The van der Waals surface area contributed by atoms with Crippen LogP contribution in [0.2, 0.25) is 0 Å². The van der Waals surface area contributed by atoms with Gasteiger partial charge in [0.05, 0.1) is 11.3 Å². The van der Waals surface area contributed by atoms with E-state index < -0.39 is 0 Å². The van der Waals surface area contributed by atoms with E-state index in [0.717, 1.165) is 24.2 Å². The Kier molecular flexibility index (Phi) is 4.72. The fourth-order valence-corrected chi connectivity index (χ4v) is 4.60. The first-order chi connectivity index (χ1) is 14.1. The molecule has 0 saturated carbocycles. The molecule has 0 aliphatic carbocycles. The van der Waals surface area contributed by atoms with Crippen LogP contribution in [0.15, 0.2) is 48.8 Å². The monoisotopic (exact) mass is 390 g/mol. The molecule has 4 heterocycles. The molecule has 1 aromatic carbocycles. The molecule has 2 bridgehead atoms. The highest BCUT2D eigenvalue weighted by molar-refractivity contribution is 5.97. The Balaban J connectivity index is 1.27. The molecule has 2 N–H and O–H groups in total. The van der Waals surface area contributed by atoms with Gasteiger partial charge in [0.25, 0.3) is 5.91 Å². The van der Waals surface area contributed by atoms with Gasteiger partial charge in [-0.25, -0.2) is 4.98 Å². The second-order valence-corrected chi connectivity index (χ2v) is 8.27. The molecule has 0 spiro atoms. The van der Waals surface area contributed by atoms with Gasteiger partial charge in [0.15, 0.2) is 0 Å². The standard InChI is InChI=1S/C23H26N4O2/c1-15-6-9-22-25-19(13-27(22)12-15)14-29-21-5-3-2-4-20(21)23(28)26-18-10-16-7-8-17(11-18)24-16/h2-6,9,12-13,16-18,24H,7-8,10-11,14H2,1H3,(H,26,28). The smallest absolute Gasteiger partial charge is 0.255 e. The number of aromatic nitrogens is 2. The molecule has 29 heavy (non-hydrogen) atoms. The van der Waals surface area contributed by atoms with Crippen molar-refractivity contribution in [3.63, 3.8) is 0 Å². The van der Waals surface area contributed by atoms with E-state index >= 15 is 0 Å². The number of nitrogens with zero attached hydrogens (tertiary/aromatic N) is 2. The lowest BCUT2D eigenvalue weighted by Gasteiger charge is -2.29. The predicted octanol–water partition coefficient (Wildman–Crippen LogP) is 3.23. The number of nitrogens with one attached hydrogen (secondary N) is 2. The Bertz CT molecular complexity index is 1030. The average Bonchev–Trinajstić information content (AvgIpc) is 3.28. The number of aryl methyl sites for hydroxylation is 1. The van der Waals surface area contributed by atoms with Gasteiger partial charge in [0, 0.05) is 30.5 Å². The Hall–Kier alpha value is -2.86. The van der Waals surface area contributed by atoms with Gasteiger partial charge in [-0.3, -0.25) is 4.79 Å². The number of hydrogen-bond donors (Lipinski definition) is 2. The second kappa shape index (κ2) is 7.52. The Morgan fingerprint density at radius 1 is 1.17 bits per heavy atom. The lowest BCUT2D eigenvalue weighted by Crippen LogP contribution is -2.48. The molecule has 2 aliphatic heterocycles. The normalized spacial score (nSPS) is 23.3. The molecule has 2 saturated heterocycles. The summed E-state index contributed by atoms with van der Waals surface area (Å²) in [5.41, 5.74) is 3.48. The summed E-state index contributed by atoms with van der Waals surface area (Å²) >= 11 is 0. The van der Waals surface area contributed by atoms with Crippen LogP contribution >= 0.6 is 0 Å². The van der Waals surface area contributed by atoms with Crippen molar-refractivity contribution in [1.29, 1.82) is 0 Å². The SMILES string of the molecule is Cc1ccc2nc(COc3ccccc3C(=O)NC3CC4CCC(C3)N4)cn2c1. The molecular weight excluding hydrogens is 364 g/mol. The number of piperidine rings is 1. The summed E-state index contributed by atoms with van der Waals surface area (Å²) < 4.78 is 8.00. The maximum atomic E-state index is 12.9. The van der Waals surface area contributed by atoms with Crippen LogP contribution in [-0.4, -0.2) is 33.4 Å². The van der Waals surface area contributed by atoms with Crippen LogP contribution in [0.1, 0.15) is 47.3 Å². The summed E-state index contributed by atoms with van der Waals surface area (Å²) in [6, 6.07) is 12.8. The third kappa shape index (κ3) is 3.85. The fourth-order valence-electron chi connectivity index (χ4n) is 4.60. The van der Waals surface area contributed by atoms with Gasteiger partial charge >= 0.3 is 0 Å². The number of pyridine rings is 1. The number of fused-ring (bicyclic) bond motifs is 3. The minimum absolute atomic E-state index is 0.0578. The molecule has 2 atom stereocenters. The Labute approximate surface area is 170 Å². The van der Waals surface area contributed by atoms with Crippen LogP contribution in [0, 0.1) is 6.92 Å². The molecule has 6 heteroatoms. The van der Waals surface area contributed by atoms with Crippen molar-refractivity contribution in [3.05, 3.63) is 65.6 Å². The molecule has 0 radical (unpaired) electrons. The van der Waals surface area contributed by atoms with Crippen molar-refractivity contribution in [3.8, 4) is 5.75 Å². The van der Waals surface area contributed by atoms with Gasteiger partial charge in [0.1, 0.15) is 18.0 Å². The Morgan fingerprint density at radius 3 is 2.79 bits per heavy atom. The van der Waals surface area contributed by atoms with Crippen molar-refractivity contribution in [2.24, 2.45) is 0 Å². The van der Waals surface area contributed by atoms with Crippen molar-refractivity contribution in [2.75, 3.05) is 0 Å². The number of carbonyl (C=O) groups is 1. The molecule has 150 valence electrons.